The number of amides is 1. The number of hydrogen-bond acceptors (Lipinski definition) is 4. The molecule has 0 aromatic carbocycles. The standard InChI is InChI=1S/C14H27N3O3S/c1-21(19,20)16-12-5-9-17(10-6-12)13(18)14(11-15)7-3-2-4-8-14/h12,16H,2-11,15H2,1H3. The Balaban J connectivity index is 1.93. The number of sulfonamides is 1. The van der Waals surface area contributed by atoms with Crippen molar-refractivity contribution < 1.29 is 13.2 Å². The molecule has 122 valence electrons. The molecule has 1 saturated carbocycles. The third-order valence-corrected chi connectivity index (χ3v) is 5.58. The van der Waals surface area contributed by atoms with E-state index < -0.39 is 10.0 Å². The van der Waals surface area contributed by atoms with E-state index in [1.54, 1.807) is 0 Å². The highest BCUT2D eigenvalue weighted by atomic mass is 32.2. The molecule has 1 aliphatic heterocycles. The van der Waals surface area contributed by atoms with Gasteiger partial charge in [-0.15, -0.1) is 0 Å². The Labute approximate surface area is 127 Å². The molecule has 0 unspecified atom stereocenters. The number of carbonyl (C=O) groups is 1. The van der Waals surface area contributed by atoms with Crippen molar-refractivity contribution in [3.05, 3.63) is 0 Å². The third kappa shape index (κ3) is 4.17. The number of piperidine rings is 1. The SMILES string of the molecule is CS(=O)(=O)NC1CCN(C(=O)C2(CN)CCCCC2)CC1. The first-order chi connectivity index (χ1) is 9.86. The van der Waals surface area contributed by atoms with Crippen molar-refractivity contribution in [3.63, 3.8) is 0 Å². The van der Waals surface area contributed by atoms with E-state index >= 15 is 0 Å². The number of nitrogens with one attached hydrogen (secondary N) is 1. The van der Waals surface area contributed by atoms with Gasteiger partial charge in [0.2, 0.25) is 15.9 Å². The second-order valence-corrected chi connectivity index (χ2v) is 8.28. The Morgan fingerprint density at radius 2 is 1.81 bits per heavy atom. The molecule has 2 rings (SSSR count). The molecular formula is C14H27N3O3S. The fourth-order valence-electron chi connectivity index (χ4n) is 3.57. The van der Waals surface area contributed by atoms with Crippen LogP contribution in [0.1, 0.15) is 44.9 Å². The van der Waals surface area contributed by atoms with Gasteiger partial charge in [0.25, 0.3) is 0 Å². The van der Waals surface area contributed by atoms with Crippen LogP contribution < -0.4 is 10.5 Å². The van der Waals surface area contributed by atoms with Crippen LogP contribution in [-0.4, -0.2) is 51.2 Å². The molecule has 0 spiro atoms. The lowest BCUT2D eigenvalue weighted by atomic mass is 9.73. The van der Waals surface area contributed by atoms with Gasteiger partial charge >= 0.3 is 0 Å². The molecule has 0 atom stereocenters. The maximum atomic E-state index is 12.8. The molecule has 2 aliphatic rings. The number of nitrogens with two attached hydrogens (primary N) is 1. The Kier molecular flexibility index (Phi) is 5.27. The van der Waals surface area contributed by atoms with Crippen molar-refractivity contribution in [1.82, 2.24) is 9.62 Å². The first kappa shape index (κ1) is 16.7. The number of hydrogen-bond donors (Lipinski definition) is 2. The normalized spacial score (nSPS) is 24.0. The first-order valence-electron chi connectivity index (χ1n) is 7.83. The van der Waals surface area contributed by atoms with Gasteiger partial charge in [-0.2, -0.15) is 0 Å². The topological polar surface area (TPSA) is 92.5 Å². The lowest BCUT2D eigenvalue weighted by Crippen LogP contribution is -2.53. The highest BCUT2D eigenvalue weighted by Crippen LogP contribution is 2.37. The summed E-state index contributed by atoms with van der Waals surface area (Å²) in [5.74, 6) is 0.183. The monoisotopic (exact) mass is 317 g/mol. The Morgan fingerprint density at radius 1 is 1.24 bits per heavy atom. The van der Waals surface area contributed by atoms with Crippen LogP contribution in [0.5, 0.6) is 0 Å². The number of nitrogens with zero attached hydrogens (tertiary/aromatic N) is 1. The van der Waals surface area contributed by atoms with Gasteiger partial charge in [-0.25, -0.2) is 13.1 Å². The zero-order valence-corrected chi connectivity index (χ0v) is 13.6. The van der Waals surface area contributed by atoms with Crippen LogP contribution in [-0.2, 0) is 14.8 Å². The fraction of sp³-hybridized carbons (Fsp3) is 0.929. The summed E-state index contributed by atoms with van der Waals surface area (Å²) in [6.07, 6.45) is 7.67. The maximum absolute atomic E-state index is 12.8. The second kappa shape index (κ2) is 6.62. The van der Waals surface area contributed by atoms with Gasteiger partial charge in [-0.1, -0.05) is 19.3 Å². The van der Waals surface area contributed by atoms with Crippen molar-refractivity contribution >= 4 is 15.9 Å². The molecule has 21 heavy (non-hydrogen) atoms. The van der Waals surface area contributed by atoms with Gasteiger partial charge in [-0.3, -0.25) is 4.79 Å². The average molecular weight is 317 g/mol. The predicted octanol–water partition coefficient (Wildman–Crippen LogP) is 0.436. The second-order valence-electron chi connectivity index (χ2n) is 6.50. The van der Waals surface area contributed by atoms with Crippen molar-refractivity contribution in [2.75, 3.05) is 25.9 Å². The molecule has 7 heteroatoms. The summed E-state index contributed by atoms with van der Waals surface area (Å²) < 4.78 is 25.1. The van der Waals surface area contributed by atoms with Crippen molar-refractivity contribution in [1.29, 1.82) is 0 Å². The van der Waals surface area contributed by atoms with E-state index in [9.17, 15) is 13.2 Å². The van der Waals surface area contributed by atoms with E-state index in [1.807, 2.05) is 4.90 Å². The van der Waals surface area contributed by atoms with Crippen molar-refractivity contribution in [3.8, 4) is 0 Å². The van der Waals surface area contributed by atoms with E-state index in [1.165, 1.54) is 12.7 Å². The Hall–Kier alpha value is -0.660. The molecule has 1 aliphatic carbocycles. The molecule has 6 nitrogen and oxygen atoms in total. The van der Waals surface area contributed by atoms with E-state index in [0.29, 0.717) is 32.5 Å². The zero-order chi connectivity index (χ0) is 15.5. The maximum Gasteiger partial charge on any atom is 0.230 e. The lowest BCUT2D eigenvalue weighted by molar-refractivity contribution is -0.144. The molecule has 2 fully saturated rings. The van der Waals surface area contributed by atoms with Crippen LogP contribution in [0.3, 0.4) is 0 Å². The van der Waals surface area contributed by atoms with Gasteiger partial charge in [0, 0.05) is 25.7 Å². The predicted molar refractivity (Wildman–Crippen MR) is 82.2 cm³/mol. The van der Waals surface area contributed by atoms with Crippen LogP contribution in [0.4, 0.5) is 0 Å². The van der Waals surface area contributed by atoms with Gasteiger partial charge in [0.05, 0.1) is 11.7 Å². The summed E-state index contributed by atoms with van der Waals surface area (Å²) >= 11 is 0. The number of carbonyl (C=O) groups excluding carboxylic acids is 1. The highest BCUT2D eigenvalue weighted by molar-refractivity contribution is 7.88. The van der Waals surface area contributed by atoms with Crippen LogP contribution in [0.15, 0.2) is 0 Å². The van der Waals surface area contributed by atoms with Gasteiger partial charge in [-0.05, 0) is 25.7 Å². The molecule has 0 aromatic rings. The summed E-state index contributed by atoms with van der Waals surface area (Å²) in [5.41, 5.74) is 5.55. The van der Waals surface area contributed by atoms with Crippen molar-refractivity contribution in [2.45, 2.75) is 51.0 Å². The minimum atomic E-state index is -3.17. The molecule has 1 heterocycles. The molecular weight excluding hydrogens is 290 g/mol. The Bertz CT molecular complexity index is 464. The summed E-state index contributed by atoms with van der Waals surface area (Å²) in [4.78, 5) is 14.7. The zero-order valence-electron chi connectivity index (χ0n) is 12.8. The smallest absolute Gasteiger partial charge is 0.230 e. The largest absolute Gasteiger partial charge is 0.342 e. The van der Waals surface area contributed by atoms with Crippen LogP contribution in [0, 0.1) is 5.41 Å². The quantitative estimate of drug-likeness (QED) is 0.787. The molecule has 0 radical (unpaired) electrons. The molecule has 1 saturated heterocycles. The van der Waals surface area contributed by atoms with Gasteiger partial charge < -0.3 is 10.6 Å². The van der Waals surface area contributed by atoms with E-state index in [-0.39, 0.29) is 17.4 Å². The number of rotatable bonds is 4. The molecule has 3 N–H and O–H groups in total. The summed E-state index contributed by atoms with van der Waals surface area (Å²) in [6, 6.07) is -0.0516. The van der Waals surface area contributed by atoms with Crippen LogP contribution in [0.25, 0.3) is 0 Å². The van der Waals surface area contributed by atoms with E-state index in [4.69, 9.17) is 5.73 Å². The highest BCUT2D eigenvalue weighted by Gasteiger charge is 2.41. The van der Waals surface area contributed by atoms with Crippen LogP contribution in [0.2, 0.25) is 0 Å². The van der Waals surface area contributed by atoms with E-state index in [0.717, 1.165) is 25.7 Å². The summed E-state index contributed by atoms with van der Waals surface area (Å²) in [7, 11) is -3.17. The van der Waals surface area contributed by atoms with Gasteiger partial charge in [0.15, 0.2) is 0 Å². The molecule has 0 aromatic heterocycles. The summed E-state index contributed by atoms with van der Waals surface area (Å²) in [5, 5.41) is 0. The first-order valence-corrected chi connectivity index (χ1v) is 9.72. The fourth-order valence-corrected chi connectivity index (χ4v) is 4.41. The van der Waals surface area contributed by atoms with Gasteiger partial charge in [0.1, 0.15) is 0 Å². The number of likely N-dealkylation sites (tertiary alicyclic amines) is 1. The van der Waals surface area contributed by atoms with E-state index in [2.05, 4.69) is 4.72 Å². The summed E-state index contributed by atoms with van der Waals surface area (Å²) in [6.45, 7) is 1.66. The molecule has 0 bridgehead atoms. The Morgan fingerprint density at radius 3 is 2.29 bits per heavy atom. The average Bonchev–Trinajstić information content (AvgIpc) is 2.46. The lowest BCUT2D eigenvalue weighted by Gasteiger charge is -2.41. The minimum Gasteiger partial charge on any atom is -0.342 e. The van der Waals surface area contributed by atoms with Crippen molar-refractivity contribution in [2.24, 2.45) is 11.1 Å². The molecule has 1 amide bonds. The van der Waals surface area contributed by atoms with Crippen LogP contribution >= 0.6 is 0 Å². The third-order valence-electron chi connectivity index (χ3n) is 4.82. The minimum absolute atomic E-state index is 0.0516.